The van der Waals surface area contributed by atoms with Crippen LogP contribution in [0.3, 0.4) is 0 Å². The number of nitrogens with zero attached hydrogens (tertiary/aromatic N) is 1. The van der Waals surface area contributed by atoms with E-state index in [0.717, 1.165) is 5.69 Å². The molecule has 0 fully saturated rings. The van der Waals surface area contributed by atoms with Crippen molar-refractivity contribution in [2.24, 2.45) is 0 Å². The maximum Gasteiger partial charge on any atom is 0.0800 e. The minimum Gasteiger partial charge on any atom is -0.253 e. The Balaban J connectivity index is 2.22. The summed E-state index contributed by atoms with van der Waals surface area (Å²) in [7, 11) is -1.38. The van der Waals surface area contributed by atoms with Crippen molar-refractivity contribution in [1.29, 1.82) is 0 Å². The molecule has 2 aromatic carbocycles. The van der Waals surface area contributed by atoms with Gasteiger partial charge in [0.2, 0.25) is 0 Å². The standard InChI is InChI=1S/C21H25NSi/c1-15(2)21-20(23(3,4)5)14-13-19(22-21)18-12-8-10-16-9-6-7-11-17(16)18/h6-15H,1-5H3. The van der Waals surface area contributed by atoms with Crippen LogP contribution in [0.15, 0.2) is 54.6 Å². The van der Waals surface area contributed by atoms with Crippen LogP contribution in [0.2, 0.25) is 19.6 Å². The second-order valence-corrected chi connectivity index (χ2v) is 12.6. The minimum atomic E-state index is -1.38. The highest BCUT2D eigenvalue weighted by Crippen LogP contribution is 2.28. The molecule has 0 amide bonds. The van der Waals surface area contributed by atoms with Gasteiger partial charge in [0.05, 0.1) is 13.8 Å². The third-order valence-electron chi connectivity index (χ3n) is 4.35. The molecule has 23 heavy (non-hydrogen) atoms. The largest absolute Gasteiger partial charge is 0.253 e. The Bertz CT molecular complexity index is 839. The molecule has 0 radical (unpaired) electrons. The zero-order chi connectivity index (χ0) is 16.6. The van der Waals surface area contributed by atoms with E-state index in [0.29, 0.717) is 5.92 Å². The van der Waals surface area contributed by atoms with Gasteiger partial charge in [-0.2, -0.15) is 0 Å². The van der Waals surface area contributed by atoms with E-state index in [9.17, 15) is 0 Å². The molecule has 0 aliphatic rings. The van der Waals surface area contributed by atoms with Crippen LogP contribution in [-0.2, 0) is 0 Å². The number of benzene rings is 2. The van der Waals surface area contributed by atoms with E-state index < -0.39 is 8.07 Å². The predicted octanol–water partition coefficient (Wildman–Crippen LogP) is 5.57. The fourth-order valence-corrected chi connectivity index (χ4v) is 4.84. The van der Waals surface area contributed by atoms with Crippen LogP contribution in [0, 0.1) is 0 Å². The molecule has 0 saturated heterocycles. The van der Waals surface area contributed by atoms with Crippen LogP contribution < -0.4 is 5.19 Å². The van der Waals surface area contributed by atoms with Crippen LogP contribution in [0.4, 0.5) is 0 Å². The van der Waals surface area contributed by atoms with Gasteiger partial charge in [0.15, 0.2) is 0 Å². The summed E-state index contributed by atoms with van der Waals surface area (Å²) in [6.07, 6.45) is 0. The van der Waals surface area contributed by atoms with Gasteiger partial charge < -0.3 is 0 Å². The maximum atomic E-state index is 5.09. The smallest absolute Gasteiger partial charge is 0.0800 e. The van der Waals surface area contributed by atoms with Gasteiger partial charge in [0.1, 0.15) is 0 Å². The van der Waals surface area contributed by atoms with Gasteiger partial charge in [-0.25, -0.2) is 0 Å². The Morgan fingerprint density at radius 2 is 1.52 bits per heavy atom. The van der Waals surface area contributed by atoms with Gasteiger partial charge in [-0.05, 0) is 27.9 Å². The summed E-state index contributed by atoms with van der Waals surface area (Å²) in [5.74, 6) is 0.451. The first-order chi connectivity index (χ1) is 10.9. The summed E-state index contributed by atoms with van der Waals surface area (Å²) < 4.78 is 0. The van der Waals surface area contributed by atoms with E-state index in [1.54, 1.807) is 0 Å². The van der Waals surface area contributed by atoms with Gasteiger partial charge in [0.25, 0.3) is 0 Å². The summed E-state index contributed by atoms with van der Waals surface area (Å²) >= 11 is 0. The fourth-order valence-electron chi connectivity index (χ4n) is 3.15. The van der Waals surface area contributed by atoms with Crippen molar-refractivity contribution in [2.75, 3.05) is 0 Å². The van der Waals surface area contributed by atoms with Crippen LogP contribution in [0.25, 0.3) is 22.0 Å². The van der Waals surface area contributed by atoms with Crippen molar-refractivity contribution in [3.05, 3.63) is 60.3 Å². The molecule has 1 nitrogen and oxygen atoms in total. The highest BCUT2D eigenvalue weighted by molar-refractivity contribution is 6.89. The van der Waals surface area contributed by atoms with Crippen LogP contribution in [-0.4, -0.2) is 13.1 Å². The number of rotatable bonds is 3. The second kappa shape index (κ2) is 5.93. The van der Waals surface area contributed by atoms with Gasteiger partial charge in [-0.1, -0.05) is 82.0 Å². The van der Waals surface area contributed by atoms with E-state index in [1.807, 2.05) is 0 Å². The molecule has 2 heteroatoms. The minimum absolute atomic E-state index is 0.451. The molecular formula is C21H25NSi. The first-order valence-electron chi connectivity index (χ1n) is 8.37. The average Bonchev–Trinajstić information content (AvgIpc) is 2.53. The zero-order valence-corrected chi connectivity index (χ0v) is 15.7. The zero-order valence-electron chi connectivity index (χ0n) is 14.7. The number of hydrogen-bond acceptors (Lipinski definition) is 1. The molecular weight excluding hydrogens is 294 g/mol. The third kappa shape index (κ3) is 3.09. The second-order valence-electron chi connectivity index (χ2n) is 7.56. The molecule has 0 aliphatic carbocycles. The average molecular weight is 320 g/mol. The molecule has 0 saturated carbocycles. The van der Waals surface area contributed by atoms with E-state index in [4.69, 9.17) is 4.98 Å². The maximum absolute atomic E-state index is 5.09. The molecule has 0 spiro atoms. The number of aromatic nitrogens is 1. The first-order valence-corrected chi connectivity index (χ1v) is 11.9. The Labute approximate surface area is 140 Å². The van der Waals surface area contributed by atoms with Gasteiger partial charge in [-0.15, -0.1) is 0 Å². The van der Waals surface area contributed by atoms with Gasteiger partial charge in [-0.3, -0.25) is 4.98 Å². The summed E-state index contributed by atoms with van der Waals surface area (Å²) in [4.78, 5) is 5.09. The van der Waals surface area contributed by atoms with Crippen LogP contribution >= 0.6 is 0 Å². The Kier molecular flexibility index (Phi) is 4.11. The molecule has 118 valence electrons. The third-order valence-corrected chi connectivity index (χ3v) is 6.38. The Morgan fingerprint density at radius 1 is 0.826 bits per heavy atom. The normalized spacial score (nSPS) is 12.1. The number of pyridine rings is 1. The van der Waals surface area contributed by atoms with Gasteiger partial charge >= 0.3 is 0 Å². The van der Waals surface area contributed by atoms with Gasteiger partial charge in [0, 0.05) is 11.3 Å². The molecule has 0 unspecified atom stereocenters. The Morgan fingerprint density at radius 3 is 2.22 bits per heavy atom. The molecule has 1 aromatic heterocycles. The topological polar surface area (TPSA) is 12.9 Å². The number of fused-ring (bicyclic) bond motifs is 1. The number of hydrogen-bond donors (Lipinski definition) is 0. The summed E-state index contributed by atoms with van der Waals surface area (Å²) in [6, 6.07) is 19.6. The lowest BCUT2D eigenvalue weighted by Gasteiger charge is -2.23. The lowest BCUT2D eigenvalue weighted by atomic mass is 10.0. The van der Waals surface area contributed by atoms with Crippen LogP contribution in [0.5, 0.6) is 0 Å². The highest BCUT2D eigenvalue weighted by Gasteiger charge is 2.23. The quantitative estimate of drug-likeness (QED) is 0.575. The lowest BCUT2D eigenvalue weighted by Crippen LogP contribution is -2.41. The molecule has 3 aromatic rings. The monoisotopic (exact) mass is 319 g/mol. The Hall–Kier alpha value is -1.93. The molecule has 0 aliphatic heterocycles. The van der Waals surface area contributed by atoms with E-state index in [-0.39, 0.29) is 0 Å². The molecule has 3 rings (SSSR count). The van der Waals surface area contributed by atoms with Crippen molar-refractivity contribution in [3.8, 4) is 11.3 Å². The summed E-state index contributed by atoms with van der Waals surface area (Å²) in [5, 5.41) is 4.03. The lowest BCUT2D eigenvalue weighted by molar-refractivity contribution is 0.831. The van der Waals surface area contributed by atoms with Crippen molar-refractivity contribution < 1.29 is 0 Å². The van der Waals surface area contributed by atoms with E-state index in [2.05, 4.69) is 88.1 Å². The molecule has 0 atom stereocenters. The molecule has 0 bridgehead atoms. The van der Waals surface area contributed by atoms with E-state index in [1.165, 1.54) is 27.2 Å². The summed E-state index contributed by atoms with van der Waals surface area (Å²) in [6.45, 7) is 11.7. The van der Waals surface area contributed by atoms with Crippen molar-refractivity contribution in [3.63, 3.8) is 0 Å². The first kappa shape index (κ1) is 15.9. The van der Waals surface area contributed by atoms with Crippen molar-refractivity contribution >= 4 is 24.0 Å². The van der Waals surface area contributed by atoms with Crippen molar-refractivity contribution in [1.82, 2.24) is 4.98 Å². The SMILES string of the molecule is CC(C)c1nc(-c2cccc3ccccc23)ccc1[Si](C)(C)C. The molecule has 0 N–H and O–H groups in total. The highest BCUT2D eigenvalue weighted by atomic mass is 28.3. The molecule has 1 heterocycles. The van der Waals surface area contributed by atoms with E-state index >= 15 is 0 Å². The van der Waals surface area contributed by atoms with Crippen molar-refractivity contribution in [2.45, 2.75) is 39.4 Å². The fraction of sp³-hybridized carbons (Fsp3) is 0.286. The summed E-state index contributed by atoms with van der Waals surface area (Å²) in [5.41, 5.74) is 3.59. The van der Waals surface area contributed by atoms with Crippen LogP contribution in [0.1, 0.15) is 25.5 Å². The predicted molar refractivity (Wildman–Crippen MR) is 104 cm³/mol.